The number of rotatable bonds is 6. The highest BCUT2D eigenvalue weighted by Gasteiger charge is 2.20. The molecular formula is C18H18ClNO4. The Balaban J connectivity index is 2.05. The first-order valence-corrected chi connectivity index (χ1v) is 7.78. The number of carbonyl (C=O) groups is 2. The molecule has 2 aromatic carbocycles. The van der Waals surface area contributed by atoms with Crippen LogP contribution in [0.4, 0.5) is 4.79 Å². The molecule has 6 heteroatoms. The summed E-state index contributed by atoms with van der Waals surface area (Å²) in [4.78, 5) is 23.1. The van der Waals surface area contributed by atoms with Crippen molar-refractivity contribution in [3.63, 3.8) is 0 Å². The summed E-state index contributed by atoms with van der Waals surface area (Å²) in [6.07, 6.45) is -0.914. The molecule has 0 saturated carbocycles. The Labute approximate surface area is 145 Å². The fourth-order valence-electron chi connectivity index (χ4n) is 2.35. The van der Waals surface area contributed by atoms with E-state index in [-0.39, 0.29) is 13.0 Å². The zero-order valence-electron chi connectivity index (χ0n) is 13.2. The molecule has 0 saturated heterocycles. The number of carbonyl (C=O) groups excluding carboxylic acids is 1. The molecule has 0 aliphatic heterocycles. The molecular weight excluding hydrogens is 330 g/mol. The largest absolute Gasteiger partial charge is 0.481 e. The summed E-state index contributed by atoms with van der Waals surface area (Å²) in [6, 6.07) is 13.7. The number of amides is 1. The number of aliphatic carboxylic acids is 1. The van der Waals surface area contributed by atoms with Crippen LogP contribution in [0.3, 0.4) is 0 Å². The predicted octanol–water partition coefficient (Wildman–Crippen LogP) is 4.09. The quantitative estimate of drug-likeness (QED) is 0.825. The van der Waals surface area contributed by atoms with Crippen LogP contribution in [0.1, 0.15) is 29.2 Å². The first-order valence-electron chi connectivity index (χ1n) is 7.41. The van der Waals surface area contributed by atoms with Crippen LogP contribution in [0, 0.1) is 6.92 Å². The Morgan fingerprint density at radius 1 is 1.21 bits per heavy atom. The number of benzene rings is 2. The van der Waals surface area contributed by atoms with Crippen molar-refractivity contribution in [2.45, 2.75) is 26.0 Å². The Bertz CT molecular complexity index is 718. The number of hydrogen-bond donors (Lipinski definition) is 2. The van der Waals surface area contributed by atoms with Crippen LogP contribution in [0.5, 0.6) is 0 Å². The van der Waals surface area contributed by atoms with E-state index in [4.69, 9.17) is 21.4 Å². The second-order valence-corrected chi connectivity index (χ2v) is 5.79. The number of aryl methyl sites for hydroxylation is 1. The van der Waals surface area contributed by atoms with Gasteiger partial charge in [-0.25, -0.2) is 4.79 Å². The van der Waals surface area contributed by atoms with Gasteiger partial charge in [0.2, 0.25) is 0 Å². The van der Waals surface area contributed by atoms with Gasteiger partial charge in [0.25, 0.3) is 0 Å². The topological polar surface area (TPSA) is 75.6 Å². The van der Waals surface area contributed by atoms with Gasteiger partial charge in [0.1, 0.15) is 6.61 Å². The van der Waals surface area contributed by atoms with Gasteiger partial charge in [-0.15, -0.1) is 0 Å². The number of carboxylic acids is 1. The normalized spacial score (nSPS) is 11.6. The highest BCUT2D eigenvalue weighted by molar-refractivity contribution is 6.30. The van der Waals surface area contributed by atoms with E-state index in [1.807, 2.05) is 37.3 Å². The fraction of sp³-hybridized carbons (Fsp3) is 0.222. The van der Waals surface area contributed by atoms with Gasteiger partial charge in [0.05, 0.1) is 12.5 Å². The number of halogens is 1. The van der Waals surface area contributed by atoms with Crippen molar-refractivity contribution in [2.75, 3.05) is 0 Å². The molecule has 0 spiro atoms. The van der Waals surface area contributed by atoms with Gasteiger partial charge in [-0.05, 0) is 35.7 Å². The van der Waals surface area contributed by atoms with Crippen molar-refractivity contribution in [1.29, 1.82) is 0 Å². The molecule has 2 rings (SSSR count). The number of alkyl carbamates (subject to hydrolysis) is 1. The summed E-state index contributed by atoms with van der Waals surface area (Å²) in [7, 11) is 0. The third-order valence-corrected chi connectivity index (χ3v) is 3.73. The first kappa shape index (κ1) is 17.8. The molecule has 2 N–H and O–H groups in total. The molecule has 0 aromatic heterocycles. The molecule has 5 nitrogen and oxygen atoms in total. The average Bonchev–Trinajstić information content (AvgIpc) is 2.53. The molecule has 126 valence electrons. The summed E-state index contributed by atoms with van der Waals surface area (Å²) >= 11 is 5.92. The van der Waals surface area contributed by atoms with Crippen LogP contribution >= 0.6 is 11.6 Å². The molecule has 0 aliphatic rings. The smallest absolute Gasteiger partial charge is 0.407 e. The zero-order valence-corrected chi connectivity index (χ0v) is 13.9. The van der Waals surface area contributed by atoms with E-state index in [0.717, 1.165) is 11.1 Å². The van der Waals surface area contributed by atoms with E-state index in [1.165, 1.54) is 0 Å². The van der Waals surface area contributed by atoms with Crippen molar-refractivity contribution in [1.82, 2.24) is 5.32 Å². The van der Waals surface area contributed by atoms with E-state index < -0.39 is 18.1 Å². The number of carboxylic acid groups (broad SMARTS) is 1. The van der Waals surface area contributed by atoms with Crippen molar-refractivity contribution < 1.29 is 19.4 Å². The van der Waals surface area contributed by atoms with Gasteiger partial charge < -0.3 is 15.2 Å². The Kier molecular flexibility index (Phi) is 6.21. The van der Waals surface area contributed by atoms with E-state index in [0.29, 0.717) is 10.6 Å². The molecule has 1 unspecified atom stereocenters. The Morgan fingerprint density at radius 3 is 2.54 bits per heavy atom. The highest BCUT2D eigenvalue weighted by Crippen LogP contribution is 2.24. The van der Waals surface area contributed by atoms with Crippen LogP contribution in [0.2, 0.25) is 5.02 Å². The van der Waals surface area contributed by atoms with Gasteiger partial charge in [0, 0.05) is 5.02 Å². The summed E-state index contributed by atoms with van der Waals surface area (Å²) in [5.41, 5.74) is 2.35. The SMILES string of the molecule is Cc1cc(Cl)ccc1C(CC(=O)O)NC(=O)OCc1ccccc1. The van der Waals surface area contributed by atoms with Crippen molar-refractivity contribution in [2.24, 2.45) is 0 Å². The molecule has 2 aromatic rings. The van der Waals surface area contributed by atoms with Gasteiger partial charge in [-0.1, -0.05) is 48.0 Å². The van der Waals surface area contributed by atoms with E-state index >= 15 is 0 Å². The van der Waals surface area contributed by atoms with E-state index in [9.17, 15) is 9.59 Å². The van der Waals surface area contributed by atoms with Crippen molar-refractivity contribution in [3.05, 3.63) is 70.2 Å². The zero-order chi connectivity index (χ0) is 17.5. The number of ether oxygens (including phenoxy) is 1. The third kappa shape index (κ3) is 5.28. The molecule has 1 amide bonds. The van der Waals surface area contributed by atoms with Gasteiger partial charge in [-0.2, -0.15) is 0 Å². The fourth-order valence-corrected chi connectivity index (χ4v) is 2.58. The summed E-state index contributed by atoms with van der Waals surface area (Å²) in [5.74, 6) is -1.02. The van der Waals surface area contributed by atoms with Crippen LogP contribution < -0.4 is 5.32 Å². The lowest BCUT2D eigenvalue weighted by Crippen LogP contribution is -2.31. The van der Waals surface area contributed by atoms with E-state index in [1.54, 1.807) is 18.2 Å². The minimum Gasteiger partial charge on any atom is -0.481 e. The molecule has 0 aliphatic carbocycles. The number of nitrogens with one attached hydrogen (secondary N) is 1. The average molecular weight is 348 g/mol. The lowest BCUT2D eigenvalue weighted by atomic mass is 9.99. The van der Waals surface area contributed by atoms with Gasteiger partial charge >= 0.3 is 12.1 Å². The van der Waals surface area contributed by atoms with Gasteiger partial charge in [0.15, 0.2) is 0 Å². The lowest BCUT2D eigenvalue weighted by Gasteiger charge is -2.19. The van der Waals surface area contributed by atoms with E-state index in [2.05, 4.69) is 5.32 Å². The predicted molar refractivity (Wildman–Crippen MR) is 90.9 cm³/mol. The lowest BCUT2D eigenvalue weighted by molar-refractivity contribution is -0.137. The maximum atomic E-state index is 12.0. The summed E-state index contributed by atoms with van der Waals surface area (Å²) < 4.78 is 5.16. The van der Waals surface area contributed by atoms with Crippen LogP contribution in [-0.2, 0) is 16.1 Å². The first-order chi connectivity index (χ1) is 11.5. The maximum absolute atomic E-state index is 12.0. The highest BCUT2D eigenvalue weighted by atomic mass is 35.5. The minimum atomic E-state index is -1.02. The molecule has 0 bridgehead atoms. The molecule has 0 radical (unpaired) electrons. The van der Waals surface area contributed by atoms with Crippen LogP contribution in [-0.4, -0.2) is 17.2 Å². The molecule has 0 heterocycles. The van der Waals surface area contributed by atoms with Crippen molar-refractivity contribution >= 4 is 23.7 Å². The van der Waals surface area contributed by atoms with Gasteiger partial charge in [-0.3, -0.25) is 4.79 Å². The van der Waals surface area contributed by atoms with Crippen LogP contribution in [0.15, 0.2) is 48.5 Å². The second-order valence-electron chi connectivity index (χ2n) is 5.36. The Morgan fingerprint density at radius 2 is 1.92 bits per heavy atom. The summed E-state index contributed by atoms with van der Waals surface area (Å²) in [5, 5.41) is 12.3. The second kappa shape index (κ2) is 8.36. The standard InChI is InChI=1S/C18H18ClNO4/c1-12-9-14(19)7-8-15(12)16(10-17(21)22)20-18(23)24-11-13-5-3-2-4-6-13/h2-9,16H,10-11H2,1H3,(H,20,23)(H,21,22). The number of hydrogen-bond acceptors (Lipinski definition) is 3. The molecule has 1 atom stereocenters. The van der Waals surface area contributed by atoms with Crippen LogP contribution in [0.25, 0.3) is 0 Å². The monoisotopic (exact) mass is 347 g/mol. The Hall–Kier alpha value is -2.53. The third-order valence-electron chi connectivity index (χ3n) is 3.49. The summed E-state index contributed by atoms with van der Waals surface area (Å²) in [6.45, 7) is 1.93. The molecule has 24 heavy (non-hydrogen) atoms. The molecule has 0 fully saturated rings. The van der Waals surface area contributed by atoms with Crippen molar-refractivity contribution in [3.8, 4) is 0 Å². The maximum Gasteiger partial charge on any atom is 0.407 e. The minimum absolute atomic E-state index is 0.117.